The third-order valence-corrected chi connectivity index (χ3v) is 7.16. The van der Waals surface area contributed by atoms with Gasteiger partial charge in [-0.3, -0.25) is 9.69 Å². The number of rotatable bonds is 7. The summed E-state index contributed by atoms with van der Waals surface area (Å²) >= 11 is 0. The van der Waals surface area contributed by atoms with E-state index in [9.17, 15) is 4.79 Å². The van der Waals surface area contributed by atoms with Gasteiger partial charge in [0, 0.05) is 37.4 Å². The van der Waals surface area contributed by atoms with Gasteiger partial charge in [-0.1, -0.05) is 54.5 Å². The van der Waals surface area contributed by atoms with Crippen LogP contribution in [0.1, 0.15) is 44.1 Å². The summed E-state index contributed by atoms with van der Waals surface area (Å²) in [4.78, 5) is 22.2. The molecule has 2 aliphatic rings. The summed E-state index contributed by atoms with van der Waals surface area (Å²) in [5, 5.41) is 7.27. The van der Waals surface area contributed by atoms with E-state index in [0.29, 0.717) is 31.3 Å². The number of hydrogen-bond acceptors (Lipinski definition) is 6. The van der Waals surface area contributed by atoms with E-state index in [1.54, 1.807) is 0 Å². The molecular weight excluding hydrogens is 438 g/mol. The lowest BCUT2D eigenvalue weighted by Crippen LogP contribution is -2.42. The van der Waals surface area contributed by atoms with Crippen molar-refractivity contribution in [2.45, 2.75) is 45.7 Å². The van der Waals surface area contributed by atoms with Crippen LogP contribution in [0.3, 0.4) is 0 Å². The molecule has 0 spiro atoms. The third-order valence-electron chi connectivity index (χ3n) is 7.16. The van der Waals surface area contributed by atoms with E-state index < -0.39 is 0 Å². The van der Waals surface area contributed by atoms with Gasteiger partial charge in [0.2, 0.25) is 17.6 Å². The van der Waals surface area contributed by atoms with Crippen LogP contribution >= 0.6 is 0 Å². The van der Waals surface area contributed by atoms with Gasteiger partial charge in [0.05, 0.1) is 12.5 Å². The zero-order valence-electron chi connectivity index (χ0n) is 20.5. The normalized spacial score (nSPS) is 21.1. The number of benzene rings is 2. The fourth-order valence-corrected chi connectivity index (χ4v) is 5.21. The van der Waals surface area contributed by atoms with E-state index >= 15 is 0 Å². The number of hydrogen-bond donors (Lipinski definition) is 1. The summed E-state index contributed by atoms with van der Waals surface area (Å²) in [6.45, 7) is 7.37. The van der Waals surface area contributed by atoms with Gasteiger partial charge in [0.15, 0.2) is 0 Å². The first-order valence-electron chi connectivity index (χ1n) is 12.9. The lowest BCUT2D eigenvalue weighted by molar-refractivity contribution is -0.127. The lowest BCUT2D eigenvalue weighted by atomic mass is 9.97. The van der Waals surface area contributed by atoms with E-state index in [2.05, 4.69) is 56.4 Å². The Labute approximate surface area is 207 Å². The summed E-state index contributed by atoms with van der Waals surface area (Å²) < 4.78 is 5.48. The van der Waals surface area contributed by atoms with Gasteiger partial charge < -0.3 is 14.7 Å². The maximum Gasteiger partial charge on any atom is 0.241 e. The van der Waals surface area contributed by atoms with Crippen LogP contribution in [0, 0.1) is 11.8 Å². The molecule has 2 saturated heterocycles. The topological polar surface area (TPSA) is 74.5 Å². The third kappa shape index (κ3) is 6.09. The van der Waals surface area contributed by atoms with E-state index in [4.69, 9.17) is 4.52 Å². The summed E-state index contributed by atoms with van der Waals surface area (Å²) in [5.74, 6) is 2.05. The Morgan fingerprint density at radius 1 is 1.03 bits per heavy atom. The molecule has 2 atom stereocenters. The monoisotopic (exact) mass is 473 g/mol. The zero-order chi connectivity index (χ0) is 24.0. The SMILES string of the molecule is CC1CCCN(c2ccc(CNC(=O)C3CCCN(Cc4nc(-c5ccccc5)no4)C3)cc2)C1. The number of carbonyl (C=O) groups excluding carboxylic acids is 1. The molecule has 1 aromatic heterocycles. The minimum Gasteiger partial charge on any atom is -0.371 e. The minimum atomic E-state index is -0.0191. The highest BCUT2D eigenvalue weighted by Gasteiger charge is 2.27. The fraction of sp³-hybridized carbons (Fsp3) is 0.464. The second-order valence-corrected chi connectivity index (χ2v) is 10.0. The van der Waals surface area contributed by atoms with Crippen LogP contribution in [0.15, 0.2) is 59.1 Å². The first-order valence-corrected chi connectivity index (χ1v) is 12.9. The van der Waals surface area contributed by atoms with Crippen molar-refractivity contribution in [3.05, 3.63) is 66.1 Å². The van der Waals surface area contributed by atoms with Gasteiger partial charge in [-0.25, -0.2) is 0 Å². The lowest BCUT2D eigenvalue weighted by Gasteiger charge is -2.33. The molecular formula is C28H35N5O2. The Balaban J connectivity index is 1.10. The van der Waals surface area contributed by atoms with Crippen molar-refractivity contribution in [3.63, 3.8) is 0 Å². The molecule has 3 heterocycles. The van der Waals surface area contributed by atoms with E-state index in [-0.39, 0.29) is 11.8 Å². The van der Waals surface area contributed by atoms with Crippen molar-refractivity contribution in [2.75, 3.05) is 31.1 Å². The summed E-state index contributed by atoms with van der Waals surface area (Å²) in [5.41, 5.74) is 3.36. The van der Waals surface area contributed by atoms with E-state index in [0.717, 1.165) is 49.5 Å². The first-order chi connectivity index (χ1) is 17.1. The molecule has 0 bridgehead atoms. The van der Waals surface area contributed by atoms with Crippen molar-refractivity contribution in [1.82, 2.24) is 20.4 Å². The van der Waals surface area contributed by atoms with Crippen LogP contribution in [0.25, 0.3) is 11.4 Å². The largest absolute Gasteiger partial charge is 0.371 e. The Kier molecular flexibility index (Phi) is 7.42. The molecule has 2 fully saturated rings. The van der Waals surface area contributed by atoms with Crippen molar-refractivity contribution < 1.29 is 9.32 Å². The quantitative estimate of drug-likeness (QED) is 0.545. The van der Waals surface area contributed by atoms with Crippen molar-refractivity contribution in [3.8, 4) is 11.4 Å². The second kappa shape index (κ2) is 11.0. The highest BCUT2D eigenvalue weighted by Crippen LogP contribution is 2.24. The molecule has 1 amide bonds. The smallest absolute Gasteiger partial charge is 0.241 e. The van der Waals surface area contributed by atoms with Crippen LogP contribution in [0.2, 0.25) is 0 Å². The standard InChI is InChI=1S/C28H35N5O2/c1-21-7-5-16-33(18-21)25-13-11-22(12-14-25)17-29-28(34)24-10-6-15-32(19-24)20-26-30-27(31-35-26)23-8-3-2-4-9-23/h2-4,8-9,11-14,21,24H,5-7,10,15-20H2,1H3,(H,29,34). The molecule has 2 aromatic carbocycles. The number of likely N-dealkylation sites (tertiary alicyclic amines) is 1. The number of anilines is 1. The van der Waals surface area contributed by atoms with E-state index in [1.165, 1.54) is 18.5 Å². The van der Waals surface area contributed by atoms with Crippen LogP contribution in [0.5, 0.6) is 0 Å². The van der Waals surface area contributed by atoms with Crippen LogP contribution < -0.4 is 10.2 Å². The summed E-state index contributed by atoms with van der Waals surface area (Å²) in [7, 11) is 0. The molecule has 2 unspecified atom stereocenters. The highest BCUT2D eigenvalue weighted by atomic mass is 16.5. The molecule has 7 nitrogen and oxygen atoms in total. The molecule has 0 saturated carbocycles. The van der Waals surface area contributed by atoms with Crippen molar-refractivity contribution in [1.29, 1.82) is 0 Å². The van der Waals surface area contributed by atoms with Gasteiger partial charge in [-0.2, -0.15) is 4.98 Å². The average Bonchev–Trinajstić information content (AvgIpc) is 3.37. The maximum atomic E-state index is 12.9. The molecule has 5 rings (SSSR count). The summed E-state index contributed by atoms with van der Waals surface area (Å²) in [6, 6.07) is 18.5. The van der Waals surface area contributed by atoms with Gasteiger partial charge in [0.25, 0.3) is 0 Å². The molecule has 0 radical (unpaired) electrons. The minimum absolute atomic E-state index is 0.0191. The van der Waals surface area contributed by atoms with Gasteiger partial charge >= 0.3 is 0 Å². The molecule has 35 heavy (non-hydrogen) atoms. The Bertz CT molecular complexity index is 1100. The molecule has 3 aromatic rings. The van der Waals surface area contributed by atoms with Crippen LogP contribution in [-0.2, 0) is 17.9 Å². The average molecular weight is 474 g/mol. The molecule has 184 valence electrons. The number of nitrogens with one attached hydrogen (secondary N) is 1. The number of amides is 1. The zero-order valence-corrected chi connectivity index (χ0v) is 20.5. The fourth-order valence-electron chi connectivity index (χ4n) is 5.21. The van der Waals surface area contributed by atoms with Crippen LogP contribution in [0.4, 0.5) is 5.69 Å². The molecule has 2 aliphatic heterocycles. The number of piperidine rings is 2. The molecule has 1 N–H and O–H groups in total. The van der Waals surface area contributed by atoms with Gasteiger partial charge in [-0.15, -0.1) is 0 Å². The summed E-state index contributed by atoms with van der Waals surface area (Å²) in [6.07, 6.45) is 4.48. The first kappa shape index (κ1) is 23.5. The Hall–Kier alpha value is -3.19. The van der Waals surface area contributed by atoms with Crippen molar-refractivity contribution >= 4 is 11.6 Å². The number of aromatic nitrogens is 2. The van der Waals surface area contributed by atoms with Gasteiger partial charge in [-0.05, 0) is 55.8 Å². The predicted molar refractivity (Wildman–Crippen MR) is 137 cm³/mol. The van der Waals surface area contributed by atoms with Gasteiger partial charge in [0.1, 0.15) is 0 Å². The van der Waals surface area contributed by atoms with Crippen molar-refractivity contribution in [2.24, 2.45) is 11.8 Å². The number of nitrogens with zero attached hydrogens (tertiary/aromatic N) is 4. The van der Waals surface area contributed by atoms with Crippen LogP contribution in [-0.4, -0.2) is 47.1 Å². The molecule has 0 aliphatic carbocycles. The Morgan fingerprint density at radius 2 is 1.83 bits per heavy atom. The number of carbonyl (C=O) groups is 1. The second-order valence-electron chi connectivity index (χ2n) is 10.0. The predicted octanol–water partition coefficient (Wildman–Crippen LogP) is 4.50. The molecule has 7 heteroatoms. The Morgan fingerprint density at radius 3 is 2.63 bits per heavy atom. The highest BCUT2D eigenvalue weighted by molar-refractivity contribution is 5.79. The maximum absolute atomic E-state index is 12.9. The van der Waals surface area contributed by atoms with E-state index in [1.807, 2.05) is 30.3 Å².